The van der Waals surface area contributed by atoms with E-state index in [0.717, 1.165) is 37.8 Å². The molecule has 0 saturated carbocycles. The first-order chi connectivity index (χ1) is 16.9. The maximum atomic E-state index is 13.5. The van der Waals surface area contributed by atoms with Gasteiger partial charge in [0.25, 0.3) is 11.8 Å². The number of rotatable bonds is 5. The molecule has 2 fully saturated rings. The van der Waals surface area contributed by atoms with E-state index in [2.05, 4.69) is 0 Å². The summed E-state index contributed by atoms with van der Waals surface area (Å²) in [5, 5.41) is 0. The van der Waals surface area contributed by atoms with E-state index in [4.69, 9.17) is 0 Å². The van der Waals surface area contributed by atoms with Gasteiger partial charge in [0.05, 0.1) is 0 Å². The van der Waals surface area contributed by atoms with Gasteiger partial charge in [-0.3, -0.25) is 19.2 Å². The fourth-order valence-corrected chi connectivity index (χ4v) is 4.71. The van der Waals surface area contributed by atoms with Crippen LogP contribution in [0.5, 0.6) is 0 Å². The highest BCUT2D eigenvalue weighted by atomic mass is 16.2. The smallest absolute Gasteiger partial charge is 0.259 e. The van der Waals surface area contributed by atoms with Crippen molar-refractivity contribution in [3.8, 4) is 0 Å². The van der Waals surface area contributed by atoms with E-state index >= 15 is 0 Å². The number of carbonyl (C=O) groups is 3. The number of hydrogen-bond acceptors (Lipinski definition) is 4. The third-order valence-electron chi connectivity index (χ3n) is 7.08. The topological polar surface area (TPSA) is 82.9 Å². The van der Waals surface area contributed by atoms with E-state index < -0.39 is 11.3 Å². The van der Waals surface area contributed by atoms with E-state index in [-0.39, 0.29) is 35.5 Å². The molecular weight excluding hydrogens is 444 g/mol. The van der Waals surface area contributed by atoms with Crippen molar-refractivity contribution >= 4 is 23.4 Å². The van der Waals surface area contributed by atoms with Gasteiger partial charge in [0.15, 0.2) is 0 Å². The van der Waals surface area contributed by atoms with Gasteiger partial charge in [-0.05, 0) is 38.3 Å². The highest BCUT2D eigenvalue weighted by molar-refractivity contribution is 6.03. The SMILES string of the molecule is CCC(C)n1cc(C(=O)N2CCCCCC2)c(=O)c(C(=O)N2CCN(c3ccccc3)C(=O)C2)c1. The molecule has 2 aromatic rings. The van der Waals surface area contributed by atoms with Crippen LogP contribution in [0.2, 0.25) is 0 Å². The molecule has 1 unspecified atom stereocenters. The molecule has 3 heterocycles. The summed E-state index contributed by atoms with van der Waals surface area (Å²) in [6, 6.07) is 9.34. The van der Waals surface area contributed by atoms with Crippen molar-refractivity contribution in [3.63, 3.8) is 0 Å². The van der Waals surface area contributed by atoms with E-state index in [9.17, 15) is 19.2 Å². The number of anilines is 1. The molecule has 0 aliphatic carbocycles. The maximum Gasteiger partial charge on any atom is 0.259 e. The number of nitrogens with zero attached hydrogens (tertiary/aromatic N) is 4. The lowest BCUT2D eigenvalue weighted by Gasteiger charge is -2.34. The van der Waals surface area contributed by atoms with Crippen LogP contribution in [0.3, 0.4) is 0 Å². The van der Waals surface area contributed by atoms with E-state index in [1.54, 1.807) is 26.8 Å². The third-order valence-corrected chi connectivity index (χ3v) is 7.08. The molecule has 8 nitrogen and oxygen atoms in total. The predicted molar refractivity (Wildman–Crippen MR) is 135 cm³/mol. The van der Waals surface area contributed by atoms with Gasteiger partial charge in [0.1, 0.15) is 17.7 Å². The van der Waals surface area contributed by atoms with Crippen molar-refractivity contribution in [2.45, 2.75) is 52.0 Å². The molecule has 0 N–H and O–H groups in total. The Labute approximate surface area is 206 Å². The van der Waals surface area contributed by atoms with Crippen molar-refractivity contribution in [2.24, 2.45) is 0 Å². The van der Waals surface area contributed by atoms with Crippen LogP contribution in [0.25, 0.3) is 0 Å². The molecule has 2 saturated heterocycles. The molecule has 186 valence electrons. The number of aromatic nitrogens is 1. The molecule has 3 amide bonds. The molecule has 35 heavy (non-hydrogen) atoms. The summed E-state index contributed by atoms with van der Waals surface area (Å²) in [7, 11) is 0. The first-order valence-electron chi connectivity index (χ1n) is 12.6. The first kappa shape index (κ1) is 24.7. The van der Waals surface area contributed by atoms with E-state index in [1.807, 2.05) is 44.2 Å². The summed E-state index contributed by atoms with van der Waals surface area (Å²) in [6.45, 7) is 5.79. The van der Waals surface area contributed by atoms with Crippen molar-refractivity contribution in [1.29, 1.82) is 0 Å². The molecule has 0 bridgehead atoms. The molecule has 2 aliphatic rings. The summed E-state index contributed by atoms with van der Waals surface area (Å²) < 4.78 is 1.79. The normalized spacial score (nSPS) is 17.8. The van der Waals surface area contributed by atoms with Crippen molar-refractivity contribution in [1.82, 2.24) is 14.4 Å². The summed E-state index contributed by atoms with van der Waals surface area (Å²) >= 11 is 0. The fraction of sp³-hybridized carbons (Fsp3) is 0.481. The third kappa shape index (κ3) is 5.31. The van der Waals surface area contributed by atoms with Gasteiger partial charge < -0.3 is 19.3 Å². The second-order valence-corrected chi connectivity index (χ2v) is 9.43. The first-order valence-corrected chi connectivity index (χ1v) is 12.6. The summed E-state index contributed by atoms with van der Waals surface area (Å²) in [4.78, 5) is 58.0. The molecule has 0 spiro atoms. The zero-order valence-electron chi connectivity index (χ0n) is 20.6. The van der Waals surface area contributed by atoms with Crippen LogP contribution in [0.1, 0.15) is 72.7 Å². The van der Waals surface area contributed by atoms with E-state index in [1.165, 1.54) is 4.90 Å². The number of piperazine rings is 1. The number of likely N-dealkylation sites (tertiary alicyclic amines) is 1. The molecule has 2 aliphatic heterocycles. The Morgan fingerprint density at radius 3 is 2.00 bits per heavy atom. The number of benzene rings is 1. The Hall–Kier alpha value is -3.42. The van der Waals surface area contributed by atoms with Crippen LogP contribution >= 0.6 is 0 Å². The maximum absolute atomic E-state index is 13.5. The van der Waals surface area contributed by atoms with Crippen molar-refractivity contribution in [3.05, 3.63) is 64.1 Å². The number of pyridine rings is 1. The van der Waals surface area contributed by atoms with Crippen molar-refractivity contribution < 1.29 is 14.4 Å². The number of carbonyl (C=O) groups excluding carboxylic acids is 3. The Kier molecular flexibility index (Phi) is 7.68. The van der Waals surface area contributed by atoms with Crippen LogP contribution in [-0.4, -0.2) is 64.8 Å². The van der Waals surface area contributed by atoms with Crippen LogP contribution in [-0.2, 0) is 4.79 Å². The number of amides is 3. The summed E-state index contributed by atoms with van der Waals surface area (Å²) in [5.41, 5.74) is 0.217. The van der Waals surface area contributed by atoms with Gasteiger partial charge in [-0.2, -0.15) is 0 Å². The minimum atomic E-state index is -0.554. The predicted octanol–water partition coefficient (Wildman–Crippen LogP) is 3.32. The molecular formula is C27H34N4O4. The van der Waals surface area contributed by atoms with Gasteiger partial charge >= 0.3 is 0 Å². The number of para-hydroxylation sites is 1. The van der Waals surface area contributed by atoms with Gasteiger partial charge in [-0.15, -0.1) is 0 Å². The fourth-order valence-electron chi connectivity index (χ4n) is 4.71. The minimum Gasteiger partial charge on any atom is -0.350 e. The lowest BCUT2D eigenvalue weighted by Crippen LogP contribution is -2.53. The molecule has 1 aromatic heterocycles. The number of hydrogen-bond donors (Lipinski definition) is 0. The quantitative estimate of drug-likeness (QED) is 0.660. The highest BCUT2D eigenvalue weighted by Crippen LogP contribution is 2.19. The lowest BCUT2D eigenvalue weighted by atomic mass is 10.1. The van der Waals surface area contributed by atoms with E-state index in [0.29, 0.717) is 26.2 Å². The molecule has 1 aromatic carbocycles. The minimum absolute atomic E-state index is 0.00870. The van der Waals surface area contributed by atoms with Gasteiger partial charge in [-0.1, -0.05) is 38.0 Å². The highest BCUT2D eigenvalue weighted by Gasteiger charge is 2.31. The molecule has 1 atom stereocenters. The zero-order valence-corrected chi connectivity index (χ0v) is 20.6. The summed E-state index contributed by atoms with van der Waals surface area (Å²) in [6.07, 6.45) is 7.90. The standard InChI is InChI=1S/C27H34N4O4/c1-3-20(2)30-17-22(26(34)28-13-9-4-5-10-14-28)25(33)23(18-30)27(35)29-15-16-31(24(32)19-29)21-11-7-6-8-12-21/h6-8,11-12,17-18,20H,3-5,9-10,13-16,19H2,1-2H3. The van der Waals surface area contributed by atoms with Gasteiger partial charge in [0.2, 0.25) is 11.3 Å². The Balaban J connectivity index is 1.62. The van der Waals surface area contributed by atoms with Crippen LogP contribution in [0, 0.1) is 0 Å². The average molecular weight is 479 g/mol. The largest absolute Gasteiger partial charge is 0.350 e. The van der Waals surface area contributed by atoms with Crippen molar-refractivity contribution in [2.75, 3.05) is 37.6 Å². The second-order valence-electron chi connectivity index (χ2n) is 9.43. The zero-order chi connectivity index (χ0) is 24.9. The van der Waals surface area contributed by atoms with Crippen LogP contribution < -0.4 is 10.3 Å². The lowest BCUT2D eigenvalue weighted by molar-refractivity contribution is -0.120. The summed E-state index contributed by atoms with van der Waals surface area (Å²) in [5.74, 6) is -1.01. The molecule has 0 radical (unpaired) electrons. The van der Waals surface area contributed by atoms with Crippen LogP contribution in [0.4, 0.5) is 5.69 Å². The average Bonchev–Trinajstić information content (AvgIpc) is 3.18. The Morgan fingerprint density at radius 2 is 1.43 bits per heavy atom. The van der Waals surface area contributed by atoms with Gasteiger partial charge in [-0.25, -0.2) is 0 Å². The Morgan fingerprint density at radius 1 is 0.829 bits per heavy atom. The molecule has 8 heteroatoms. The Bertz CT molecular complexity index is 1140. The second kappa shape index (κ2) is 10.9. The van der Waals surface area contributed by atoms with Gasteiger partial charge in [0, 0.05) is 50.3 Å². The van der Waals surface area contributed by atoms with Crippen LogP contribution in [0.15, 0.2) is 47.5 Å². The molecule has 4 rings (SSSR count). The monoisotopic (exact) mass is 478 g/mol.